The van der Waals surface area contributed by atoms with Crippen molar-refractivity contribution >= 4 is 23.2 Å². The fourth-order valence-electron chi connectivity index (χ4n) is 2.22. The van der Waals surface area contributed by atoms with Crippen molar-refractivity contribution in [1.29, 1.82) is 0 Å². The number of anilines is 1. The number of rotatable bonds is 1. The van der Waals surface area contributed by atoms with Crippen LogP contribution >= 0.6 is 11.6 Å². The first-order chi connectivity index (χ1) is 9.16. The Kier molecular flexibility index (Phi) is 2.91. The summed E-state index contributed by atoms with van der Waals surface area (Å²) < 4.78 is 5.77. The summed E-state index contributed by atoms with van der Waals surface area (Å²) in [6.45, 7) is 1.85. The number of carbonyl (C=O) groups is 1. The van der Waals surface area contributed by atoms with E-state index in [9.17, 15) is 4.79 Å². The number of hydrogen-bond acceptors (Lipinski definition) is 2. The standard InChI is InChI=1S/C15H12ClNO2/c1-10-17(12-5-3-2-4-6-12)15(18)13-9-11(16)7-8-14(13)19-10/h2-10H,1H3. The molecule has 0 N–H and O–H groups in total. The van der Waals surface area contributed by atoms with E-state index in [4.69, 9.17) is 16.3 Å². The third-order valence-corrected chi connectivity index (χ3v) is 3.32. The van der Waals surface area contributed by atoms with Crippen molar-refractivity contribution in [3.05, 3.63) is 59.1 Å². The van der Waals surface area contributed by atoms with Crippen molar-refractivity contribution < 1.29 is 9.53 Å². The number of ether oxygens (including phenoxy) is 1. The van der Waals surface area contributed by atoms with Gasteiger partial charge in [0.2, 0.25) is 0 Å². The third kappa shape index (κ3) is 2.06. The zero-order chi connectivity index (χ0) is 13.4. The highest BCUT2D eigenvalue weighted by molar-refractivity contribution is 6.31. The van der Waals surface area contributed by atoms with E-state index in [-0.39, 0.29) is 12.1 Å². The molecule has 1 aliphatic rings. The molecule has 1 aliphatic heterocycles. The third-order valence-electron chi connectivity index (χ3n) is 3.09. The zero-order valence-electron chi connectivity index (χ0n) is 10.3. The van der Waals surface area contributed by atoms with E-state index >= 15 is 0 Å². The summed E-state index contributed by atoms with van der Waals surface area (Å²) in [5, 5.41) is 0.526. The lowest BCUT2D eigenvalue weighted by Gasteiger charge is -2.34. The van der Waals surface area contributed by atoms with Gasteiger partial charge in [-0.05, 0) is 37.3 Å². The molecule has 2 aromatic rings. The smallest absolute Gasteiger partial charge is 0.265 e. The van der Waals surface area contributed by atoms with Crippen LogP contribution in [0.2, 0.25) is 5.02 Å². The van der Waals surface area contributed by atoms with Gasteiger partial charge in [-0.3, -0.25) is 9.69 Å². The Morgan fingerprint density at radius 3 is 2.63 bits per heavy atom. The van der Waals surface area contributed by atoms with Gasteiger partial charge >= 0.3 is 0 Å². The molecule has 96 valence electrons. The Morgan fingerprint density at radius 1 is 1.16 bits per heavy atom. The molecule has 1 unspecified atom stereocenters. The van der Waals surface area contributed by atoms with Gasteiger partial charge in [0.1, 0.15) is 5.75 Å². The van der Waals surface area contributed by atoms with Crippen molar-refractivity contribution in [1.82, 2.24) is 0 Å². The molecule has 1 atom stereocenters. The molecule has 0 spiro atoms. The van der Waals surface area contributed by atoms with Gasteiger partial charge in [-0.1, -0.05) is 29.8 Å². The highest BCUT2D eigenvalue weighted by Gasteiger charge is 2.32. The molecule has 3 rings (SSSR count). The van der Waals surface area contributed by atoms with E-state index in [2.05, 4.69) is 0 Å². The van der Waals surface area contributed by atoms with Gasteiger partial charge in [-0.2, -0.15) is 0 Å². The number of halogens is 1. The number of para-hydroxylation sites is 1. The zero-order valence-corrected chi connectivity index (χ0v) is 11.1. The maximum absolute atomic E-state index is 12.6. The van der Waals surface area contributed by atoms with Crippen molar-refractivity contribution in [3.63, 3.8) is 0 Å². The number of carbonyl (C=O) groups excluding carboxylic acids is 1. The first kappa shape index (κ1) is 12.1. The molecule has 19 heavy (non-hydrogen) atoms. The van der Waals surface area contributed by atoms with Gasteiger partial charge < -0.3 is 4.74 Å². The molecule has 3 nitrogen and oxygen atoms in total. The Balaban J connectivity index is 2.07. The minimum absolute atomic E-state index is 0.0950. The van der Waals surface area contributed by atoms with Crippen molar-refractivity contribution in [2.24, 2.45) is 0 Å². The van der Waals surface area contributed by atoms with Crippen LogP contribution in [0.3, 0.4) is 0 Å². The minimum Gasteiger partial charge on any atom is -0.470 e. The largest absolute Gasteiger partial charge is 0.470 e. The molecule has 0 saturated carbocycles. The Hall–Kier alpha value is -2.00. The molecule has 1 heterocycles. The molecular formula is C15H12ClNO2. The summed E-state index contributed by atoms with van der Waals surface area (Å²) in [5.74, 6) is 0.483. The molecule has 0 saturated heterocycles. The van der Waals surface area contributed by atoms with E-state index < -0.39 is 0 Å². The van der Waals surface area contributed by atoms with Crippen LogP contribution in [0.1, 0.15) is 17.3 Å². The van der Waals surface area contributed by atoms with Crippen LogP contribution in [0.4, 0.5) is 5.69 Å². The van der Waals surface area contributed by atoms with Crippen molar-refractivity contribution in [3.8, 4) is 5.75 Å². The van der Waals surface area contributed by atoms with Gasteiger partial charge in [-0.15, -0.1) is 0 Å². The molecular weight excluding hydrogens is 262 g/mol. The van der Waals surface area contributed by atoms with E-state index in [1.165, 1.54) is 0 Å². The van der Waals surface area contributed by atoms with Crippen LogP contribution < -0.4 is 9.64 Å². The average molecular weight is 274 g/mol. The molecule has 4 heteroatoms. The van der Waals surface area contributed by atoms with Crippen LogP contribution in [0, 0.1) is 0 Å². The lowest BCUT2D eigenvalue weighted by Crippen LogP contribution is -2.45. The quantitative estimate of drug-likeness (QED) is 0.792. The highest BCUT2D eigenvalue weighted by atomic mass is 35.5. The summed E-state index contributed by atoms with van der Waals surface area (Å²) in [5.41, 5.74) is 1.31. The van der Waals surface area contributed by atoms with Crippen molar-refractivity contribution in [2.45, 2.75) is 13.2 Å². The van der Waals surface area contributed by atoms with Crippen molar-refractivity contribution in [2.75, 3.05) is 4.90 Å². The second-order valence-electron chi connectivity index (χ2n) is 4.37. The van der Waals surface area contributed by atoms with E-state index in [0.29, 0.717) is 16.3 Å². The second-order valence-corrected chi connectivity index (χ2v) is 4.80. The fraction of sp³-hybridized carbons (Fsp3) is 0.133. The topological polar surface area (TPSA) is 29.5 Å². The van der Waals surface area contributed by atoms with E-state index in [1.807, 2.05) is 37.3 Å². The number of nitrogens with zero attached hydrogens (tertiary/aromatic N) is 1. The number of fused-ring (bicyclic) bond motifs is 1. The van der Waals surface area contributed by atoms with Gasteiger partial charge in [0.25, 0.3) is 5.91 Å². The minimum atomic E-state index is -0.344. The van der Waals surface area contributed by atoms with Crippen LogP contribution in [-0.2, 0) is 0 Å². The summed E-state index contributed by atoms with van der Waals surface area (Å²) in [4.78, 5) is 14.2. The Morgan fingerprint density at radius 2 is 1.89 bits per heavy atom. The Bertz CT molecular complexity index is 627. The van der Waals surface area contributed by atoms with Crippen LogP contribution in [0.5, 0.6) is 5.75 Å². The first-order valence-corrected chi connectivity index (χ1v) is 6.39. The molecule has 0 fully saturated rings. The lowest BCUT2D eigenvalue weighted by atomic mass is 10.1. The van der Waals surface area contributed by atoms with Crippen LogP contribution in [-0.4, -0.2) is 12.1 Å². The second kappa shape index (κ2) is 4.59. The Labute approximate surface area is 116 Å². The molecule has 2 aromatic carbocycles. The number of hydrogen-bond donors (Lipinski definition) is 0. The number of amides is 1. The fourth-order valence-corrected chi connectivity index (χ4v) is 2.39. The molecule has 1 amide bonds. The predicted molar refractivity (Wildman–Crippen MR) is 74.8 cm³/mol. The predicted octanol–water partition coefficient (Wildman–Crippen LogP) is 3.73. The molecule has 0 bridgehead atoms. The first-order valence-electron chi connectivity index (χ1n) is 6.01. The van der Waals surface area contributed by atoms with Gasteiger partial charge in [-0.25, -0.2) is 0 Å². The monoisotopic (exact) mass is 273 g/mol. The maximum Gasteiger partial charge on any atom is 0.265 e. The van der Waals surface area contributed by atoms with E-state index in [0.717, 1.165) is 5.69 Å². The van der Waals surface area contributed by atoms with Crippen LogP contribution in [0.15, 0.2) is 48.5 Å². The van der Waals surface area contributed by atoms with Gasteiger partial charge in [0, 0.05) is 10.7 Å². The summed E-state index contributed by atoms with van der Waals surface area (Å²) >= 11 is 5.95. The number of benzene rings is 2. The SMILES string of the molecule is CC1Oc2ccc(Cl)cc2C(=O)N1c1ccccc1. The highest BCUT2D eigenvalue weighted by Crippen LogP contribution is 2.32. The molecule has 0 aromatic heterocycles. The van der Waals surface area contributed by atoms with Gasteiger partial charge in [0.05, 0.1) is 5.56 Å². The molecule has 0 aliphatic carbocycles. The molecule has 0 radical (unpaired) electrons. The maximum atomic E-state index is 12.6. The summed E-state index contributed by atoms with van der Waals surface area (Å²) in [6, 6.07) is 14.6. The van der Waals surface area contributed by atoms with Gasteiger partial charge in [0.15, 0.2) is 6.23 Å². The average Bonchev–Trinajstić information content (AvgIpc) is 2.41. The lowest BCUT2D eigenvalue weighted by molar-refractivity contribution is 0.0877. The normalized spacial score (nSPS) is 17.9. The van der Waals surface area contributed by atoms with E-state index in [1.54, 1.807) is 23.1 Å². The summed E-state index contributed by atoms with van der Waals surface area (Å²) in [7, 11) is 0. The van der Waals surface area contributed by atoms with Crippen LogP contribution in [0.25, 0.3) is 0 Å². The summed E-state index contributed by atoms with van der Waals surface area (Å²) in [6.07, 6.45) is -0.344.